The monoisotopic (exact) mass is 529 g/mol. The fraction of sp³-hybridized carbons (Fsp3) is 0.625. The molecule has 196 valence electrons. The van der Waals surface area contributed by atoms with Crippen LogP contribution < -0.4 is 5.32 Å². The number of hydrogen-bond donors (Lipinski definition) is 1. The summed E-state index contributed by atoms with van der Waals surface area (Å²) in [5, 5.41) is 3.37. The van der Waals surface area contributed by atoms with Crippen molar-refractivity contribution in [2.75, 3.05) is 60.2 Å². The number of hydrogen-bond acceptors (Lipinski definition) is 6. The minimum Gasteiger partial charge on any atom is -0.385 e. The van der Waals surface area contributed by atoms with Gasteiger partial charge in [0, 0.05) is 59.5 Å². The summed E-state index contributed by atoms with van der Waals surface area (Å²) in [4.78, 5) is 34.9. The number of imidazole rings is 1. The summed E-state index contributed by atoms with van der Waals surface area (Å²) in [6, 6.07) is 7.80. The van der Waals surface area contributed by atoms with Crippen LogP contribution in [0.25, 0.3) is 11.0 Å². The second-order valence-electron chi connectivity index (χ2n) is 8.87. The molecule has 3 heterocycles. The molecule has 0 saturated carbocycles. The Hall–Kier alpha value is -1.91. The standard InChI is InChI=1S/C24H35N5O4.2ClH/c1-27(19-15-18(16-25-17-19)23(30)28-10-13-33-14-11-28)24(31)22-26-20-7-3-4-8-21(20)29(22)9-5-6-12-32-2;;/h3-4,7-8,18-19,25H,5-6,9-17H2,1-2H3;2*1H/t18-,19+;;/m1../s1. The van der Waals surface area contributed by atoms with Gasteiger partial charge in [0.15, 0.2) is 5.82 Å². The second kappa shape index (κ2) is 14.0. The highest BCUT2D eigenvalue weighted by Crippen LogP contribution is 2.22. The normalized spacial score (nSPS) is 20.1. The Morgan fingerprint density at radius 3 is 2.66 bits per heavy atom. The SMILES string of the molecule is COCCCCn1c(C(=O)N(C)[C@@H]2CNC[C@H](C(=O)N3CCOCC3)C2)nc2ccccc21.Cl.Cl. The van der Waals surface area contributed by atoms with Crippen molar-refractivity contribution >= 4 is 47.7 Å². The molecule has 4 rings (SSSR count). The van der Waals surface area contributed by atoms with Crippen LogP contribution in [0.1, 0.15) is 29.9 Å². The Bertz CT molecular complexity index is 967. The highest BCUT2D eigenvalue weighted by molar-refractivity contribution is 5.95. The number of aryl methyl sites for hydroxylation is 1. The topological polar surface area (TPSA) is 88.9 Å². The van der Waals surface area contributed by atoms with Crippen LogP contribution in [0.2, 0.25) is 0 Å². The van der Waals surface area contributed by atoms with E-state index in [-0.39, 0.29) is 48.6 Å². The number of methoxy groups -OCH3 is 1. The molecule has 11 heteroatoms. The van der Waals surface area contributed by atoms with Gasteiger partial charge in [0.1, 0.15) is 0 Å². The molecule has 2 atom stereocenters. The van der Waals surface area contributed by atoms with Crippen LogP contribution in [-0.2, 0) is 20.8 Å². The van der Waals surface area contributed by atoms with Gasteiger partial charge < -0.3 is 29.2 Å². The van der Waals surface area contributed by atoms with Crippen LogP contribution in [-0.4, -0.2) is 97.4 Å². The smallest absolute Gasteiger partial charge is 0.289 e. The van der Waals surface area contributed by atoms with E-state index in [0.29, 0.717) is 64.8 Å². The minimum absolute atomic E-state index is 0. The lowest BCUT2D eigenvalue weighted by Gasteiger charge is -2.38. The van der Waals surface area contributed by atoms with Gasteiger partial charge in [-0.1, -0.05) is 12.1 Å². The van der Waals surface area contributed by atoms with E-state index < -0.39 is 0 Å². The van der Waals surface area contributed by atoms with Gasteiger partial charge in [0.25, 0.3) is 5.91 Å². The molecule has 2 aromatic rings. The van der Waals surface area contributed by atoms with Crippen molar-refractivity contribution in [2.24, 2.45) is 5.92 Å². The molecule has 0 bridgehead atoms. The number of nitrogens with zero attached hydrogens (tertiary/aromatic N) is 4. The molecule has 2 aliphatic rings. The summed E-state index contributed by atoms with van der Waals surface area (Å²) in [6.45, 7) is 5.18. The van der Waals surface area contributed by atoms with Gasteiger partial charge in [-0.3, -0.25) is 9.59 Å². The van der Waals surface area contributed by atoms with E-state index in [2.05, 4.69) is 10.3 Å². The van der Waals surface area contributed by atoms with Gasteiger partial charge in [-0.05, 0) is 31.4 Å². The summed E-state index contributed by atoms with van der Waals surface area (Å²) >= 11 is 0. The maximum absolute atomic E-state index is 13.6. The van der Waals surface area contributed by atoms with Gasteiger partial charge in [-0.2, -0.15) is 0 Å². The van der Waals surface area contributed by atoms with E-state index in [9.17, 15) is 9.59 Å². The first-order valence-corrected chi connectivity index (χ1v) is 11.9. The summed E-state index contributed by atoms with van der Waals surface area (Å²) in [6.07, 6.45) is 2.48. The second-order valence-corrected chi connectivity index (χ2v) is 8.87. The molecule has 2 aliphatic heterocycles. The number of para-hydroxylation sites is 2. The Morgan fingerprint density at radius 2 is 1.91 bits per heavy atom. The zero-order valence-electron chi connectivity index (χ0n) is 20.5. The number of halogens is 2. The number of fused-ring (bicyclic) bond motifs is 1. The van der Waals surface area contributed by atoms with E-state index >= 15 is 0 Å². The van der Waals surface area contributed by atoms with Crippen molar-refractivity contribution in [3.8, 4) is 0 Å². The molecular formula is C24H37Cl2N5O4. The first-order chi connectivity index (χ1) is 16.1. The zero-order chi connectivity index (χ0) is 23.2. The van der Waals surface area contributed by atoms with E-state index in [1.807, 2.05) is 40.8 Å². The van der Waals surface area contributed by atoms with E-state index in [1.165, 1.54) is 0 Å². The fourth-order valence-corrected chi connectivity index (χ4v) is 4.75. The molecule has 9 nitrogen and oxygen atoms in total. The van der Waals surface area contributed by atoms with Crippen molar-refractivity contribution in [2.45, 2.75) is 31.8 Å². The molecule has 0 spiro atoms. The number of aromatic nitrogens is 2. The molecule has 0 radical (unpaired) electrons. The minimum atomic E-state index is -0.134. The van der Waals surface area contributed by atoms with E-state index in [4.69, 9.17) is 9.47 Å². The molecular weight excluding hydrogens is 493 g/mol. The Morgan fingerprint density at radius 1 is 1.17 bits per heavy atom. The number of carbonyl (C=O) groups is 2. The molecule has 1 N–H and O–H groups in total. The fourth-order valence-electron chi connectivity index (χ4n) is 4.75. The Labute approximate surface area is 219 Å². The molecule has 2 fully saturated rings. The zero-order valence-corrected chi connectivity index (χ0v) is 22.1. The lowest BCUT2D eigenvalue weighted by atomic mass is 9.93. The summed E-state index contributed by atoms with van der Waals surface area (Å²) in [5.74, 6) is 0.369. The third-order valence-electron chi connectivity index (χ3n) is 6.69. The molecule has 2 saturated heterocycles. The number of amides is 2. The number of piperidine rings is 1. The maximum atomic E-state index is 13.6. The highest BCUT2D eigenvalue weighted by atomic mass is 35.5. The quantitative estimate of drug-likeness (QED) is 0.527. The molecule has 35 heavy (non-hydrogen) atoms. The van der Waals surface area contributed by atoms with Crippen LogP contribution in [0.5, 0.6) is 0 Å². The third-order valence-corrected chi connectivity index (χ3v) is 6.69. The van der Waals surface area contributed by atoms with Crippen molar-refractivity contribution in [3.05, 3.63) is 30.1 Å². The predicted octanol–water partition coefficient (Wildman–Crippen LogP) is 2.22. The van der Waals surface area contributed by atoms with Gasteiger partial charge in [0.05, 0.1) is 30.2 Å². The van der Waals surface area contributed by atoms with Crippen LogP contribution >= 0.6 is 24.8 Å². The van der Waals surface area contributed by atoms with Crippen LogP contribution in [0, 0.1) is 5.92 Å². The number of morpholine rings is 1. The van der Waals surface area contributed by atoms with E-state index in [0.717, 1.165) is 23.9 Å². The lowest BCUT2D eigenvalue weighted by Crippen LogP contribution is -2.54. The van der Waals surface area contributed by atoms with Gasteiger partial charge in [-0.15, -0.1) is 24.8 Å². The molecule has 2 amide bonds. The summed E-state index contributed by atoms with van der Waals surface area (Å²) < 4.78 is 12.6. The van der Waals surface area contributed by atoms with Crippen molar-refractivity contribution in [1.82, 2.24) is 24.7 Å². The number of likely N-dealkylation sites (N-methyl/N-ethyl adjacent to an activating group) is 1. The number of benzene rings is 1. The van der Waals surface area contributed by atoms with Gasteiger partial charge in [-0.25, -0.2) is 4.98 Å². The van der Waals surface area contributed by atoms with Crippen LogP contribution in [0.3, 0.4) is 0 Å². The van der Waals surface area contributed by atoms with Crippen molar-refractivity contribution in [3.63, 3.8) is 0 Å². The number of unbranched alkanes of at least 4 members (excludes halogenated alkanes) is 1. The maximum Gasteiger partial charge on any atom is 0.289 e. The van der Waals surface area contributed by atoms with E-state index in [1.54, 1.807) is 12.0 Å². The number of rotatable bonds is 8. The molecule has 1 aromatic carbocycles. The highest BCUT2D eigenvalue weighted by Gasteiger charge is 2.35. The Balaban J connectivity index is 0.00000216. The molecule has 1 aromatic heterocycles. The average molecular weight is 530 g/mol. The first kappa shape index (κ1) is 29.3. The lowest BCUT2D eigenvalue weighted by molar-refractivity contribution is -0.140. The van der Waals surface area contributed by atoms with Crippen molar-refractivity contribution < 1.29 is 19.1 Å². The third kappa shape index (κ3) is 6.86. The number of carbonyl (C=O) groups excluding carboxylic acids is 2. The van der Waals surface area contributed by atoms with Gasteiger partial charge in [0.2, 0.25) is 5.91 Å². The molecule has 0 unspecified atom stereocenters. The predicted molar refractivity (Wildman–Crippen MR) is 140 cm³/mol. The number of ether oxygens (including phenoxy) is 2. The van der Waals surface area contributed by atoms with Crippen LogP contribution in [0.15, 0.2) is 24.3 Å². The average Bonchev–Trinajstić information content (AvgIpc) is 3.24. The van der Waals surface area contributed by atoms with Gasteiger partial charge >= 0.3 is 0 Å². The summed E-state index contributed by atoms with van der Waals surface area (Å²) in [7, 11) is 3.52. The van der Waals surface area contributed by atoms with Crippen molar-refractivity contribution in [1.29, 1.82) is 0 Å². The number of nitrogens with one attached hydrogen (secondary N) is 1. The largest absolute Gasteiger partial charge is 0.385 e. The Kier molecular flexibility index (Phi) is 11.7. The van der Waals surface area contributed by atoms with Crippen LogP contribution in [0.4, 0.5) is 0 Å². The summed E-state index contributed by atoms with van der Waals surface area (Å²) in [5.41, 5.74) is 1.79. The first-order valence-electron chi connectivity index (χ1n) is 11.9. The molecule has 0 aliphatic carbocycles.